The van der Waals surface area contributed by atoms with Gasteiger partial charge in [-0.1, -0.05) is 53.5 Å². The average Bonchev–Trinajstić information content (AvgIpc) is 2.81. The summed E-state index contributed by atoms with van der Waals surface area (Å²) in [5, 5.41) is 3.78. The number of H-pyrrole nitrogens is 1. The number of rotatable bonds is 2. The van der Waals surface area contributed by atoms with Gasteiger partial charge in [0.15, 0.2) is 0 Å². The second-order valence-corrected chi connectivity index (χ2v) is 5.15. The molecule has 3 nitrogen and oxygen atoms in total. The van der Waals surface area contributed by atoms with Crippen LogP contribution in [0.5, 0.6) is 0 Å². The topological polar surface area (TPSA) is 37.8 Å². The monoisotopic (exact) mass is 368 g/mol. The van der Waals surface area contributed by atoms with E-state index < -0.39 is 0 Å². The van der Waals surface area contributed by atoms with Crippen molar-refractivity contribution < 1.29 is 19.5 Å². The van der Waals surface area contributed by atoms with Gasteiger partial charge >= 0.3 is 0 Å². The molecule has 0 bridgehead atoms. The second kappa shape index (κ2) is 6.61. The van der Waals surface area contributed by atoms with Gasteiger partial charge in [-0.2, -0.15) is 0 Å². The molecule has 3 rings (SSSR count). The van der Waals surface area contributed by atoms with E-state index in [1.54, 1.807) is 28.9 Å². The third-order valence-corrected chi connectivity index (χ3v) is 3.49. The van der Waals surface area contributed by atoms with Crippen LogP contribution >= 0.6 is 23.2 Å². The molecule has 1 N–H and O–H groups in total. The molecule has 3 aromatic rings. The summed E-state index contributed by atoms with van der Waals surface area (Å²) in [6.07, 6.45) is 0. The minimum absolute atomic E-state index is 0. The Bertz CT molecular complexity index is 812. The third kappa shape index (κ3) is 3.29. The fourth-order valence-corrected chi connectivity index (χ4v) is 2.56. The van der Waals surface area contributed by atoms with E-state index in [0.717, 1.165) is 11.3 Å². The van der Waals surface area contributed by atoms with Crippen molar-refractivity contribution in [2.45, 2.75) is 0 Å². The van der Waals surface area contributed by atoms with Gasteiger partial charge in [0.05, 0.1) is 16.4 Å². The maximum absolute atomic E-state index is 11.7. The molecule has 0 aliphatic rings. The van der Waals surface area contributed by atoms with E-state index >= 15 is 0 Å². The van der Waals surface area contributed by atoms with Crippen LogP contribution in [0.25, 0.3) is 16.9 Å². The summed E-state index contributed by atoms with van der Waals surface area (Å²) in [6, 6.07) is 16.3. The number of nitrogens with one attached hydrogen (secondary N) is 1. The molecule has 0 fully saturated rings. The number of hydrogen-bond donors (Lipinski definition) is 1. The van der Waals surface area contributed by atoms with Crippen molar-refractivity contribution in [3.8, 4) is 16.9 Å². The van der Waals surface area contributed by atoms with Crippen LogP contribution in [0.15, 0.2) is 59.4 Å². The maximum atomic E-state index is 11.7. The number of aromatic amines is 1. The molecule has 0 aliphatic heterocycles. The van der Waals surface area contributed by atoms with E-state index in [0.29, 0.717) is 15.7 Å². The van der Waals surface area contributed by atoms with Gasteiger partial charge in [0, 0.05) is 36.1 Å². The molecule has 0 saturated carbocycles. The summed E-state index contributed by atoms with van der Waals surface area (Å²) in [4.78, 5) is 11.7. The van der Waals surface area contributed by atoms with Crippen LogP contribution in [0.2, 0.25) is 10.0 Å². The van der Waals surface area contributed by atoms with Crippen LogP contribution in [-0.2, 0) is 19.5 Å². The normalized spacial score (nSPS) is 10.2. The molecule has 102 valence electrons. The Kier molecular flexibility index (Phi) is 5.05. The van der Waals surface area contributed by atoms with Gasteiger partial charge < -0.3 is 0 Å². The predicted octanol–water partition coefficient (Wildman–Crippen LogP) is 4.14. The SMILES string of the molecule is O=c1cc(-c2ccccc2)n(-c2ccc(Cl)cc2Cl)[nH]1.[Zn]. The molecule has 2 aromatic carbocycles. The number of hydrogen-bond acceptors (Lipinski definition) is 1. The van der Waals surface area contributed by atoms with E-state index in [9.17, 15) is 4.79 Å². The summed E-state index contributed by atoms with van der Waals surface area (Å²) < 4.78 is 1.66. The fraction of sp³-hybridized carbons (Fsp3) is 0. The fourth-order valence-electron chi connectivity index (χ4n) is 2.07. The molecule has 1 heterocycles. The second-order valence-electron chi connectivity index (χ2n) is 4.30. The average molecular weight is 371 g/mol. The largest absolute Gasteiger partial charge is 0.268 e. The van der Waals surface area contributed by atoms with Crippen LogP contribution in [0, 0.1) is 0 Å². The summed E-state index contributed by atoms with van der Waals surface area (Å²) >= 11 is 12.1. The zero-order valence-electron chi connectivity index (χ0n) is 11.0. The zero-order valence-corrected chi connectivity index (χ0v) is 15.5. The van der Waals surface area contributed by atoms with Crippen molar-refractivity contribution in [3.63, 3.8) is 0 Å². The molecule has 0 aliphatic carbocycles. The maximum Gasteiger partial charge on any atom is 0.265 e. The van der Waals surface area contributed by atoms with Gasteiger partial charge in [-0.3, -0.25) is 14.6 Å². The third-order valence-electron chi connectivity index (χ3n) is 2.95. The Morgan fingerprint density at radius 1 is 0.952 bits per heavy atom. The molecule has 0 unspecified atom stereocenters. The Morgan fingerprint density at radius 2 is 1.67 bits per heavy atom. The van der Waals surface area contributed by atoms with E-state index in [1.807, 2.05) is 30.3 Å². The molecule has 0 saturated heterocycles. The first-order valence-corrected chi connectivity index (χ1v) is 6.73. The predicted molar refractivity (Wildman–Crippen MR) is 81.8 cm³/mol. The molecule has 0 radical (unpaired) electrons. The van der Waals surface area contributed by atoms with Crippen LogP contribution < -0.4 is 5.56 Å². The first kappa shape index (κ1) is 16.0. The molecule has 1 aromatic heterocycles. The van der Waals surface area contributed by atoms with E-state index in [1.165, 1.54) is 0 Å². The quantitative estimate of drug-likeness (QED) is 0.677. The zero-order chi connectivity index (χ0) is 14.1. The first-order valence-electron chi connectivity index (χ1n) is 5.98. The van der Waals surface area contributed by atoms with Gasteiger partial charge in [-0.15, -0.1) is 0 Å². The number of nitrogens with zero attached hydrogens (tertiary/aromatic N) is 1. The van der Waals surface area contributed by atoms with Crippen molar-refractivity contribution in [2.75, 3.05) is 0 Å². The van der Waals surface area contributed by atoms with Gasteiger partial charge in [0.25, 0.3) is 5.56 Å². The Morgan fingerprint density at radius 3 is 2.33 bits per heavy atom. The standard InChI is InChI=1S/C15H10Cl2N2O.Zn/c16-11-6-7-13(12(17)8-11)19-14(9-15(20)18-19)10-4-2-1-3-5-10;/h1-9H,(H,18,20);. The Balaban J connectivity index is 0.00000161. The number of benzene rings is 2. The van der Waals surface area contributed by atoms with Crippen LogP contribution in [0.4, 0.5) is 0 Å². The molecule has 0 spiro atoms. The molecular weight excluding hydrogens is 360 g/mol. The minimum Gasteiger partial charge on any atom is -0.268 e. The van der Waals surface area contributed by atoms with Crippen molar-refractivity contribution in [1.29, 1.82) is 0 Å². The van der Waals surface area contributed by atoms with Gasteiger partial charge in [0.2, 0.25) is 0 Å². The smallest absolute Gasteiger partial charge is 0.265 e. The summed E-state index contributed by atoms with van der Waals surface area (Å²) in [7, 11) is 0. The minimum atomic E-state index is -0.185. The Hall–Kier alpha value is -1.35. The molecule has 21 heavy (non-hydrogen) atoms. The molecular formula is C15H10Cl2N2OZn. The van der Waals surface area contributed by atoms with Crippen molar-refractivity contribution in [3.05, 3.63) is 75.0 Å². The van der Waals surface area contributed by atoms with Crippen LogP contribution in [0.3, 0.4) is 0 Å². The number of aromatic nitrogens is 2. The Labute approximate surface area is 144 Å². The van der Waals surface area contributed by atoms with Crippen molar-refractivity contribution >= 4 is 23.2 Å². The first-order chi connectivity index (χ1) is 9.65. The van der Waals surface area contributed by atoms with Gasteiger partial charge in [-0.25, -0.2) is 0 Å². The van der Waals surface area contributed by atoms with E-state index in [4.69, 9.17) is 23.2 Å². The van der Waals surface area contributed by atoms with Crippen LogP contribution in [-0.4, -0.2) is 9.78 Å². The van der Waals surface area contributed by atoms with E-state index in [-0.39, 0.29) is 25.0 Å². The van der Waals surface area contributed by atoms with Crippen LogP contribution in [0.1, 0.15) is 0 Å². The van der Waals surface area contributed by atoms with Gasteiger partial charge in [-0.05, 0) is 18.2 Å². The summed E-state index contributed by atoms with van der Waals surface area (Å²) in [5.41, 5.74) is 2.17. The van der Waals surface area contributed by atoms with Crippen molar-refractivity contribution in [2.24, 2.45) is 0 Å². The van der Waals surface area contributed by atoms with Crippen molar-refractivity contribution in [1.82, 2.24) is 9.78 Å². The number of halogens is 2. The molecule has 0 amide bonds. The summed E-state index contributed by atoms with van der Waals surface area (Å²) in [5.74, 6) is 0. The summed E-state index contributed by atoms with van der Waals surface area (Å²) in [6.45, 7) is 0. The molecule has 0 atom stereocenters. The van der Waals surface area contributed by atoms with E-state index in [2.05, 4.69) is 5.10 Å². The molecule has 6 heteroatoms. The van der Waals surface area contributed by atoms with Gasteiger partial charge in [0.1, 0.15) is 0 Å².